The maximum Gasteiger partial charge on any atom is 0.243 e. The van der Waals surface area contributed by atoms with Gasteiger partial charge in [0.25, 0.3) is 0 Å². The molecule has 4 rings (SSSR count). The molecule has 2 heterocycles. The van der Waals surface area contributed by atoms with Gasteiger partial charge in [-0.3, -0.25) is 14.8 Å². The van der Waals surface area contributed by atoms with Gasteiger partial charge in [-0.1, -0.05) is 49.2 Å². The van der Waals surface area contributed by atoms with Gasteiger partial charge in [0, 0.05) is 25.5 Å². The fourth-order valence-electron chi connectivity index (χ4n) is 4.36. The predicted molar refractivity (Wildman–Crippen MR) is 141 cm³/mol. The third-order valence-corrected chi connectivity index (χ3v) is 6.44. The number of nitrogen functional groups attached to an aromatic ring is 1. The lowest BCUT2D eigenvalue weighted by atomic mass is 10.0. The number of nitrogens with one attached hydrogen (secondary N) is 1. The first-order valence-electron chi connectivity index (χ1n) is 12.6. The Morgan fingerprint density at radius 3 is 2.37 bits per heavy atom. The lowest BCUT2D eigenvalue weighted by Crippen LogP contribution is -2.29. The highest BCUT2D eigenvalue weighted by Crippen LogP contribution is 2.32. The molecule has 0 bridgehead atoms. The van der Waals surface area contributed by atoms with Gasteiger partial charge in [0.05, 0.1) is 24.5 Å². The molecule has 1 unspecified atom stereocenters. The van der Waals surface area contributed by atoms with E-state index in [2.05, 4.69) is 9.97 Å². The maximum absolute atomic E-state index is 11.7. The number of hydrogen-bond donors (Lipinski definition) is 6. The molecule has 1 amide bonds. The van der Waals surface area contributed by atoms with E-state index in [4.69, 9.17) is 16.0 Å². The number of hydroxylamine groups is 1. The minimum Gasteiger partial charge on any atom is -0.392 e. The smallest absolute Gasteiger partial charge is 0.243 e. The molecule has 1 aromatic carbocycles. The third-order valence-electron chi connectivity index (χ3n) is 6.44. The van der Waals surface area contributed by atoms with Crippen LogP contribution in [0.3, 0.4) is 0 Å². The first kappa shape index (κ1) is 28.9. The number of carbonyl (C=O) groups excluding carboxylic acids is 2. The summed E-state index contributed by atoms with van der Waals surface area (Å²) < 4.78 is 1.71. The molecule has 1 aliphatic rings. The summed E-state index contributed by atoms with van der Waals surface area (Å²) in [7, 11) is 0. The van der Waals surface area contributed by atoms with Crippen LogP contribution < -0.4 is 11.2 Å². The van der Waals surface area contributed by atoms with Crippen molar-refractivity contribution in [3.05, 3.63) is 66.1 Å². The van der Waals surface area contributed by atoms with Crippen molar-refractivity contribution in [1.29, 1.82) is 0 Å². The number of imidazole rings is 1. The molecule has 0 saturated heterocycles. The van der Waals surface area contributed by atoms with Crippen molar-refractivity contribution in [1.82, 2.24) is 20.0 Å². The van der Waals surface area contributed by atoms with Crippen LogP contribution in [0.5, 0.6) is 0 Å². The van der Waals surface area contributed by atoms with Crippen LogP contribution in [0.15, 0.2) is 60.6 Å². The number of aliphatic hydroxyl groups is 3. The summed E-state index contributed by atoms with van der Waals surface area (Å²) in [5.41, 5.74) is 10.1. The topological polar surface area (TPSA) is 184 Å². The number of aromatic nitrogens is 3. The molecular formula is C27H35N5O6. The van der Waals surface area contributed by atoms with Crippen molar-refractivity contribution in [2.45, 2.75) is 63.2 Å². The van der Waals surface area contributed by atoms with E-state index in [0.29, 0.717) is 36.2 Å². The fraction of sp³-hybridized carbons (Fsp3) is 0.407. The maximum atomic E-state index is 11.7. The van der Waals surface area contributed by atoms with Gasteiger partial charge in [0.15, 0.2) is 5.82 Å². The van der Waals surface area contributed by atoms with Gasteiger partial charge in [0.2, 0.25) is 5.91 Å². The number of anilines is 1. The number of nitrogens with zero attached hydrogens (tertiary/aromatic N) is 3. The van der Waals surface area contributed by atoms with Crippen LogP contribution in [0.2, 0.25) is 0 Å². The van der Waals surface area contributed by atoms with E-state index in [1.54, 1.807) is 34.7 Å². The van der Waals surface area contributed by atoms with Crippen LogP contribution in [0.4, 0.5) is 5.82 Å². The van der Waals surface area contributed by atoms with Gasteiger partial charge < -0.3 is 25.6 Å². The van der Waals surface area contributed by atoms with Crippen LogP contribution in [-0.4, -0.2) is 65.6 Å². The summed E-state index contributed by atoms with van der Waals surface area (Å²) >= 11 is 0. The number of amides is 1. The number of benzene rings is 1. The van der Waals surface area contributed by atoms with Crippen LogP contribution in [-0.2, 0) is 16.0 Å². The molecule has 204 valence electrons. The lowest BCUT2D eigenvalue weighted by molar-refractivity contribution is -0.129. The molecule has 3 atom stereocenters. The summed E-state index contributed by atoms with van der Waals surface area (Å²) in [6, 6.07) is 11.0. The molecule has 2 aromatic heterocycles. The van der Waals surface area contributed by atoms with Crippen molar-refractivity contribution in [3.63, 3.8) is 0 Å². The zero-order valence-electron chi connectivity index (χ0n) is 21.1. The van der Waals surface area contributed by atoms with E-state index >= 15 is 0 Å². The Morgan fingerprint density at radius 2 is 1.71 bits per heavy atom. The summed E-state index contributed by atoms with van der Waals surface area (Å²) in [5, 5.41) is 37.3. The van der Waals surface area contributed by atoms with E-state index in [0.717, 1.165) is 36.8 Å². The number of unbranched alkanes of at least 4 members (excludes halogenated alkanes) is 3. The van der Waals surface area contributed by atoms with Crippen LogP contribution in [0, 0.1) is 0 Å². The SMILES string of the molecule is Nc1nccc2c1ncn2[C@@H]1C=C(CO)C(O)[C@@H]1O.O=C(CCCCCCC(=O)NO)Cc1ccccc1. The molecule has 7 N–H and O–H groups in total. The van der Waals surface area contributed by atoms with Gasteiger partial charge in [-0.05, 0) is 30.0 Å². The molecule has 0 fully saturated rings. The van der Waals surface area contributed by atoms with Crippen molar-refractivity contribution in [2.75, 3.05) is 12.3 Å². The van der Waals surface area contributed by atoms with Crippen molar-refractivity contribution in [2.24, 2.45) is 0 Å². The van der Waals surface area contributed by atoms with Crippen LogP contribution in [0.1, 0.15) is 50.1 Å². The Kier molecular flexibility index (Phi) is 10.9. The Morgan fingerprint density at radius 1 is 1.00 bits per heavy atom. The molecule has 0 aliphatic heterocycles. The van der Waals surface area contributed by atoms with Gasteiger partial charge >= 0.3 is 0 Å². The largest absolute Gasteiger partial charge is 0.392 e. The molecule has 11 nitrogen and oxygen atoms in total. The number of aliphatic hydroxyl groups excluding tert-OH is 3. The Bertz CT molecular complexity index is 1230. The van der Waals surface area contributed by atoms with E-state index in [9.17, 15) is 19.8 Å². The van der Waals surface area contributed by atoms with Crippen molar-refractivity contribution in [3.8, 4) is 0 Å². The molecular weight excluding hydrogens is 490 g/mol. The summed E-state index contributed by atoms with van der Waals surface area (Å²) in [6.45, 7) is -0.287. The average molecular weight is 526 g/mol. The van der Waals surface area contributed by atoms with Crippen molar-refractivity contribution >= 4 is 28.5 Å². The highest BCUT2D eigenvalue weighted by molar-refractivity contribution is 5.84. The fourth-order valence-corrected chi connectivity index (χ4v) is 4.36. The second-order valence-electron chi connectivity index (χ2n) is 9.19. The summed E-state index contributed by atoms with van der Waals surface area (Å²) in [4.78, 5) is 30.6. The van der Waals surface area contributed by atoms with Crippen molar-refractivity contribution < 1.29 is 30.1 Å². The average Bonchev–Trinajstić information content (AvgIpc) is 3.48. The minimum atomic E-state index is -1.06. The quantitative estimate of drug-likeness (QED) is 0.0941. The highest BCUT2D eigenvalue weighted by Gasteiger charge is 2.35. The summed E-state index contributed by atoms with van der Waals surface area (Å²) in [5.74, 6) is 0.232. The molecule has 38 heavy (non-hydrogen) atoms. The molecule has 1 aliphatic carbocycles. The Hall–Kier alpha value is -3.64. The van der Waals surface area contributed by atoms with Crippen LogP contribution in [0.25, 0.3) is 11.0 Å². The number of ketones is 1. The first-order valence-corrected chi connectivity index (χ1v) is 12.6. The number of Topliss-reactive ketones (excluding diaryl/α,β-unsaturated/α-hetero) is 1. The van der Waals surface area contributed by atoms with E-state index in [-0.39, 0.29) is 18.3 Å². The zero-order chi connectivity index (χ0) is 27.5. The lowest BCUT2D eigenvalue weighted by Gasteiger charge is -2.19. The number of nitrogens with two attached hydrogens (primary N) is 1. The van der Waals surface area contributed by atoms with Gasteiger partial charge in [-0.2, -0.15) is 0 Å². The number of carbonyl (C=O) groups is 2. The van der Waals surface area contributed by atoms with E-state index in [1.165, 1.54) is 0 Å². The zero-order valence-corrected chi connectivity index (χ0v) is 21.1. The van der Waals surface area contributed by atoms with Gasteiger partial charge in [-0.15, -0.1) is 0 Å². The molecule has 3 aromatic rings. The first-order chi connectivity index (χ1) is 18.3. The number of hydrogen-bond acceptors (Lipinski definition) is 9. The van der Waals surface area contributed by atoms with E-state index < -0.39 is 18.2 Å². The normalized spacial score (nSPS) is 18.5. The Labute approximate surface area is 220 Å². The van der Waals surface area contributed by atoms with Gasteiger partial charge in [0.1, 0.15) is 23.5 Å². The highest BCUT2D eigenvalue weighted by atomic mass is 16.5. The molecule has 0 saturated carbocycles. The molecule has 0 spiro atoms. The molecule has 0 radical (unpaired) electrons. The van der Waals surface area contributed by atoms with Gasteiger partial charge in [-0.25, -0.2) is 15.4 Å². The summed E-state index contributed by atoms with van der Waals surface area (Å²) in [6.07, 6.45) is 7.58. The number of pyridine rings is 1. The number of fused-ring (bicyclic) bond motifs is 1. The monoisotopic (exact) mass is 525 g/mol. The predicted octanol–water partition coefficient (Wildman–Crippen LogP) is 1.85. The second-order valence-corrected chi connectivity index (χ2v) is 9.19. The second kappa shape index (κ2) is 14.3. The standard InChI is InChI=1S/C15H21NO3.C12H14N4O3/c17-14(12-13-8-4-3-5-9-13)10-6-1-2-7-11-15(18)16-19;13-12-9-7(1-2-14-12)16(5-15-9)8-3-6(4-17)10(18)11(8)19/h3-5,8-9,19H,1-2,6-7,10-12H2,(H,16,18);1-3,5,8,10-11,17-19H,4H2,(H2,13,14)/t;8-,10?,11-/m.1/s1. The van der Waals surface area contributed by atoms with Crippen LogP contribution >= 0.6 is 0 Å². The number of rotatable bonds is 11. The van der Waals surface area contributed by atoms with E-state index in [1.807, 2.05) is 30.3 Å². The Balaban J connectivity index is 0.000000211. The molecule has 11 heteroatoms. The minimum absolute atomic E-state index is 0.263. The third kappa shape index (κ3) is 7.68.